The highest BCUT2D eigenvalue weighted by Crippen LogP contribution is 2.22. The molecular formula is C17H29NS. The fourth-order valence-electron chi connectivity index (χ4n) is 2.33. The van der Waals surface area contributed by atoms with Crippen molar-refractivity contribution in [1.82, 2.24) is 5.32 Å². The molecular weight excluding hydrogens is 250 g/mol. The van der Waals surface area contributed by atoms with Gasteiger partial charge in [-0.25, -0.2) is 0 Å². The predicted octanol–water partition coefficient (Wildman–Crippen LogP) is 4.47. The molecule has 0 saturated heterocycles. The second-order valence-electron chi connectivity index (χ2n) is 5.80. The van der Waals surface area contributed by atoms with Gasteiger partial charge >= 0.3 is 0 Å². The Morgan fingerprint density at radius 2 is 2.00 bits per heavy atom. The first-order chi connectivity index (χ1) is 9.13. The Morgan fingerprint density at radius 3 is 2.63 bits per heavy atom. The number of hydrogen-bond acceptors (Lipinski definition) is 2. The van der Waals surface area contributed by atoms with E-state index in [1.807, 2.05) is 11.8 Å². The van der Waals surface area contributed by atoms with Crippen molar-refractivity contribution in [3.8, 4) is 0 Å². The molecule has 1 unspecified atom stereocenters. The van der Waals surface area contributed by atoms with E-state index in [-0.39, 0.29) is 0 Å². The van der Waals surface area contributed by atoms with Crippen molar-refractivity contribution in [3.63, 3.8) is 0 Å². The van der Waals surface area contributed by atoms with Crippen LogP contribution in [0, 0.1) is 12.8 Å². The Balaban J connectivity index is 2.57. The summed E-state index contributed by atoms with van der Waals surface area (Å²) in [6.45, 7) is 8.94. The zero-order chi connectivity index (χ0) is 14.1. The summed E-state index contributed by atoms with van der Waals surface area (Å²) in [5.74, 6) is 2.65. The van der Waals surface area contributed by atoms with Crippen LogP contribution in [0.3, 0.4) is 0 Å². The van der Waals surface area contributed by atoms with Gasteiger partial charge in [-0.1, -0.05) is 43.7 Å². The Kier molecular flexibility index (Phi) is 8.24. The highest BCUT2D eigenvalue weighted by molar-refractivity contribution is 7.98. The molecule has 0 saturated carbocycles. The third-order valence-electron chi connectivity index (χ3n) is 3.36. The third-order valence-corrected chi connectivity index (χ3v) is 4.05. The van der Waals surface area contributed by atoms with Gasteiger partial charge in [-0.3, -0.25) is 0 Å². The van der Waals surface area contributed by atoms with Crippen LogP contribution in [0.25, 0.3) is 0 Å². The van der Waals surface area contributed by atoms with Gasteiger partial charge in [0.15, 0.2) is 0 Å². The summed E-state index contributed by atoms with van der Waals surface area (Å²) in [6, 6.07) is 9.01. The van der Waals surface area contributed by atoms with E-state index in [2.05, 4.69) is 56.6 Å². The molecule has 0 bridgehead atoms. The van der Waals surface area contributed by atoms with Gasteiger partial charge in [-0.15, -0.1) is 0 Å². The van der Waals surface area contributed by atoms with E-state index < -0.39 is 0 Å². The van der Waals surface area contributed by atoms with Crippen LogP contribution in [0.1, 0.15) is 43.7 Å². The van der Waals surface area contributed by atoms with E-state index in [1.165, 1.54) is 29.7 Å². The lowest BCUT2D eigenvalue weighted by Gasteiger charge is -2.19. The number of rotatable bonds is 9. The number of benzene rings is 1. The molecule has 1 aromatic rings. The van der Waals surface area contributed by atoms with Crippen molar-refractivity contribution >= 4 is 11.8 Å². The minimum absolute atomic E-state index is 0.658. The second-order valence-corrected chi connectivity index (χ2v) is 6.78. The molecule has 19 heavy (non-hydrogen) atoms. The van der Waals surface area contributed by atoms with Crippen LogP contribution in [0.15, 0.2) is 24.3 Å². The summed E-state index contributed by atoms with van der Waals surface area (Å²) in [5.41, 5.74) is 2.87. The second kappa shape index (κ2) is 9.44. The number of nitrogens with one attached hydrogen (secondary N) is 1. The molecule has 0 aliphatic heterocycles. The van der Waals surface area contributed by atoms with Gasteiger partial charge in [0.2, 0.25) is 0 Å². The Hall–Kier alpha value is -0.470. The van der Waals surface area contributed by atoms with Gasteiger partial charge in [0.05, 0.1) is 0 Å². The molecule has 0 aliphatic carbocycles. The van der Waals surface area contributed by atoms with Crippen LogP contribution in [-0.2, 0) is 0 Å². The molecule has 1 aromatic carbocycles. The van der Waals surface area contributed by atoms with E-state index in [9.17, 15) is 0 Å². The van der Waals surface area contributed by atoms with E-state index in [1.54, 1.807) is 0 Å². The molecule has 2 heteroatoms. The van der Waals surface area contributed by atoms with Crippen molar-refractivity contribution in [2.24, 2.45) is 5.92 Å². The molecule has 0 heterocycles. The van der Waals surface area contributed by atoms with Gasteiger partial charge in [-0.2, -0.15) is 11.8 Å². The minimum Gasteiger partial charge on any atom is -0.316 e. The van der Waals surface area contributed by atoms with Crippen LogP contribution >= 0.6 is 11.8 Å². The molecule has 0 aromatic heterocycles. The van der Waals surface area contributed by atoms with Gasteiger partial charge in [-0.05, 0) is 55.7 Å². The zero-order valence-corrected chi connectivity index (χ0v) is 13.7. The Labute approximate surface area is 123 Å². The molecule has 1 rings (SSSR count). The molecule has 1 atom stereocenters. The summed E-state index contributed by atoms with van der Waals surface area (Å²) in [6.07, 6.45) is 4.79. The van der Waals surface area contributed by atoms with Crippen molar-refractivity contribution in [3.05, 3.63) is 35.4 Å². The lowest BCUT2D eigenvalue weighted by Crippen LogP contribution is -2.25. The summed E-state index contributed by atoms with van der Waals surface area (Å²) in [7, 11) is 0. The highest BCUT2D eigenvalue weighted by Gasteiger charge is 2.11. The van der Waals surface area contributed by atoms with Gasteiger partial charge in [0, 0.05) is 6.54 Å². The summed E-state index contributed by atoms with van der Waals surface area (Å²) < 4.78 is 0. The lowest BCUT2D eigenvalue weighted by atomic mass is 9.93. The van der Waals surface area contributed by atoms with Crippen LogP contribution in [0.5, 0.6) is 0 Å². The van der Waals surface area contributed by atoms with Gasteiger partial charge in [0.1, 0.15) is 0 Å². The number of aryl methyl sites for hydroxylation is 1. The van der Waals surface area contributed by atoms with Gasteiger partial charge in [0.25, 0.3) is 0 Å². The molecule has 0 radical (unpaired) electrons. The van der Waals surface area contributed by atoms with E-state index >= 15 is 0 Å². The maximum absolute atomic E-state index is 3.62. The molecule has 108 valence electrons. The largest absolute Gasteiger partial charge is 0.316 e. The standard InChI is InChI=1S/C17H29NS/c1-14(2)12-18-13-17(9-6-10-19-4)16-8-5-7-15(3)11-16/h5,7-8,11,14,17-18H,6,9-10,12-13H2,1-4H3. The predicted molar refractivity (Wildman–Crippen MR) is 89.2 cm³/mol. The van der Waals surface area contributed by atoms with Crippen molar-refractivity contribution in [2.75, 3.05) is 25.1 Å². The zero-order valence-electron chi connectivity index (χ0n) is 12.9. The van der Waals surface area contributed by atoms with Crippen LogP contribution < -0.4 is 5.32 Å². The number of hydrogen-bond donors (Lipinski definition) is 1. The normalized spacial score (nSPS) is 12.9. The molecule has 1 nitrogen and oxygen atoms in total. The number of thioether (sulfide) groups is 1. The first kappa shape index (κ1) is 16.6. The van der Waals surface area contributed by atoms with Crippen LogP contribution in [-0.4, -0.2) is 25.1 Å². The van der Waals surface area contributed by atoms with E-state index in [4.69, 9.17) is 0 Å². The molecule has 0 aliphatic rings. The van der Waals surface area contributed by atoms with Crippen molar-refractivity contribution < 1.29 is 0 Å². The highest BCUT2D eigenvalue weighted by atomic mass is 32.2. The molecule has 0 fully saturated rings. The first-order valence-electron chi connectivity index (χ1n) is 7.39. The SMILES string of the molecule is CSCCCC(CNCC(C)C)c1cccc(C)c1. The summed E-state index contributed by atoms with van der Waals surface area (Å²) in [5, 5.41) is 3.62. The monoisotopic (exact) mass is 279 g/mol. The smallest absolute Gasteiger partial charge is 0.00202 e. The topological polar surface area (TPSA) is 12.0 Å². The van der Waals surface area contributed by atoms with E-state index in [0.29, 0.717) is 5.92 Å². The summed E-state index contributed by atoms with van der Waals surface area (Å²) >= 11 is 1.95. The average molecular weight is 279 g/mol. The van der Waals surface area contributed by atoms with Gasteiger partial charge < -0.3 is 5.32 Å². The molecule has 1 N–H and O–H groups in total. The first-order valence-corrected chi connectivity index (χ1v) is 8.79. The molecule has 0 spiro atoms. The maximum atomic E-state index is 3.62. The minimum atomic E-state index is 0.658. The third kappa shape index (κ3) is 7.03. The van der Waals surface area contributed by atoms with Crippen molar-refractivity contribution in [2.45, 2.75) is 39.5 Å². The maximum Gasteiger partial charge on any atom is 0.00202 e. The fourth-order valence-corrected chi connectivity index (χ4v) is 2.79. The average Bonchev–Trinajstić information content (AvgIpc) is 2.37. The van der Waals surface area contributed by atoms with Crippen LogP contribution in [0.4, 0.5) is 0 Å². The Bertz CT molecular complexity index is 349. The summed E-state index contributed by atoms with van der Waals surface area (Å²) in [4.78, 5) is 0. The van der Waals surface area contributed by atoms with Crippen LogP contribution in [0.2, 0.25) is 0 Å². The van der Waals surface area contributed by atoms with E-state index in [0.717, 1.165) is 19.0 Å². The lowest BCUT2D eigenvalue weighted by molar-refractivity contribution is 0.498. The fraction of sp³-hybridized carbons (Fsp3) is 0.647. The molecule has 0 amide bonds. The quantitative estimate of drug-likeness (QED) is 0.669. The Morgan fingerprint density at radius 1 is 1.21 bits per heavy atom. The van der Waals surface area contributed by atoms with Crippen molar-refractivity contribution in [1.29, 1.82) is 0 Å².